The van der Waals surface area contributed by atoms with E-state index in [-0.39, 0.29) is 0 Å². The maximum atomic E-state index is 5.98. The lowest BCUT2D eigenvalue weighted by molar-refractivity contribution is 0.506. The van der Waals surface area contributed by atoms with Crippen LogP contribution < -0.4 is 10.6 Å². The van der Waals surface area contributed by atoms with Crippen LogP contribution in [0.3, 0.4) is 0 Å². The first-order valence-electron chi connectivity index (χ1n) is 4.61. The van der Waals surface area contributed by atoms with Crippen LogP contribution in [0.15, 0.2) is 12.3 Å². The van der Waals surface area contributed by atoms with Gasteiger partial charge in [0.15, 0.2) is 0 Å². The summed E-state index contributed by atoms with van der Waals surface area (Å²) in [6.07, 6.45) is 4.14. The zero-order valence-corrected chi connectivity index (χ0v) is 8.22. The molecule has 2 rings (SSSR count). The molecule has 0 saturated carbocycles. The fourth-order valence-corrected chi connectivity index (χ4v) is 2.06. The molecular weight excluding hydrogens is 186 g/mol. The number of nitrogens with zero attached hydrogens (tertiary/aromatic N) is 1. The minimum Gasteiger partial charge on any atom is -0.368 e. The van der Waals surface area contributed by atoms with Gasteiger partial charge in [0.1, 0.15) is 5.15 Å². The maximum absolute atomic E-state index is 5.98. The molecule has 0 amide bonds. The monoisotopic (exact) mass is 199 g/mol. The Hall–Kier alpha value is -0.670. The summed E-state index contributed by atoms with van der Waals surface area (Å²) in [6.45, 7) is 1.98. The van der Waals surface area contributed by atoms with Crippen molar-refractivity contribution in [3.8, 4) is 0 Å². The molecule has 13 heavy (non-hydrogen) atoms. The molecule has 0 spiro atoms. The van der Waals surface area contributed by atoms with Crippen LogP contribution in [0.25, 0.3) is 0 Å². The van der Waals surface area contributed by atoms with Gasteiger partial charge < -0.3 is 15.6 Å². The standard InChI is InChI=1S/C9H14ClN3/c10-9-8(3-4-12-9)13-5-1-2-7(11)6-13/h3-4,7,12H,1-2,5-6,11H2/t7-/m1/s1. The molecule has 72 valence electrons. The third-order valence-electron chi connectivity index (χ3n) is 2.47. The highest BCUT2D eigenvalue weighted by Gasteiger charge is 2.18. The molecule has 3 N–H and O–H groups in total. The van der Waals surface area contributed by atoms with Gasteiger partial charge in [0.05, 0.1) is 5.69 Å². The Morgan fingerprint density at radius 1 is 1.62 bits per heavy atom. The second kappa shape index (κ2) is 3.60. The summed E-state index contributed by atoms with van der Waals surface area (Å²) in [5.41, 5.74) is 6.97. The van der Waals surface area contributed by atoms with E-state index in [0.29, 0.717) is 11.2 Å². The molecule has 1 saturated heterocycles. The molecule has 1 aromatic rings. The lowest BCUT2D eigenvalue weighted by Crippen LogP contribution is -2.42. The van der Waals surface area contributed by atoms with Gasteiger partial charge in [-0.25, -0.2) is 0 Å². The molecule has 0 aliphatic carbocycles. The lowest BCUT2D eigenvalue weighted by Gasteiger charge is -2.31. The first-order chi connectivity index (χ1) is 6.27. The number of halogens is 1. The molecular formula is C9H14ClN3. The van der Waals surface area contributed by atoms with E-state index in [0.717, 1.165) is 31.6 Å². The van der Waals surface area contributed by atoms with Crippen molar-refractivity contribution in [3.05, 3.63) is 17.4 Å². The number of hydrogen-bond acceptors (Lipinski definition) is 2. The zero-order chi connectivity index (χ0) is 9.26. The maximum Gasteiger partial charge on any atom is 0.129 e. The number of piperidine rings is 1. The molecule has 0 aromatic carbocycles. The van der Waals surface area contributed by atoms with Crippen molar-refractivity contribution in [2.45, 2.75) is 18.9 Å². The first kappa shape index (κ1) is 8.91. The molecule has 0 bridgehead atoms. The van der Waals surface area contributed by atoms with Crippen molar-refractivity contribution >= 4 is 17.3 Å². The summed E-state index contributed by atoms with van der Waals surface area (Å²) >= 11 is 5.98. The van der Waals surface area contributed by atoms with E-state index in [4.69, 9.17) is 17.3 Å². The Morgan fingerprint density at radius 2 is 2.46 bits per heavy atom. The van der Waals surface area contributed by atoms with Crippen LogP contribution in [0.2, 0.25) is 5.15 Å². The van der Waals surface area contributed by atoms with Gasteiger partial charge in [-0.2, -0.15) is 0 Å². The highest BCUT2D eigenvalue weighted by atomic mass is 35.5. The molecule has 1 aromatic heterocycles. The van der Waals surface area contributed by atoms with E-state index in [1.165, 1.54) is 0 Å². The summed E-state index contributed by atoms with van der Waals surface area (Å²) in [5.74, 6) is 0. The number of rotatable bonds is 1. The largest absolute Gasteiger partial charge is 0.368 e. The van der Waals surface area contributed by atoms with E-state index in [2.05, 4.69) is 9.88 Å². The SMILES string of the molecule is N[C@@H]1CCCN(c2cc[nH]c2Cl)C1. The van der Waals surface area contributed by atoms with Crippen molar-refractivity contribution in [2.24, 2.45) is 5.73 Å². The fourth-order valence-electron chi connectivity index (χ4n) is 1.81. The minimum absolute atomic E-state index is 0.291. The van der Waals surface area contributed by atoms with Gasteiger partial charge in [0.2, 0.25) is 0 Å². The Bertz CT molecular complexity index is 284. The smallest absolute Gasteiger partial charge is 0.129 e. The summed E-state index contributed by atoms with van der Waals surface area (Å²) < 4.78 is 0. The summed E-state index contributed by atoms with van der Waals surface area (Å²) in [6, 6.07) is 2.29. The highest BCUT2D eigenvalue weighted by molar-refractivity contribution is 6.32. The Morgan fingerprint density at radius 3 is 3.08 bits per heavy atom. The van der Waals surface area contributed by atoms with Crippen molar-refractivity contribution in [2.75, 3.05) is 18.0 Å². The third kappa shape index (κ3) is 1.81. The van der Waals surface area contributed by atoms with E-state index in [1.807, 2.05) is 12.3 Å². The molecule has 0 unspecified atom stereocenters. The van der Waals surface area contributed by atoms with Crippen molar-refractivity contribution < 1.29 is 0 Å². The van der Waals surface area contributed by atoms with Gasteiger partial charge >= 0.3 is 0 Å². The van der Waals surface area contributed by atoms with Crippen molar-refractivity contribution in [3.63, 3.8) is 0 Å². The van der Waals surface area contributed by atoms with E-state index in [1.54, 1.807) is 0 Å². The van der Waals surface area contributed by atoms with E-state index >= 15 is 0 Å². The Labute approximate surface area is 82.9 Å². The predicted molar refractivity (Wildman–Crippen MR) is 55.2 cm³/mol. The van der Waals surface area contributed by atoms with Crippen LogP contribution in [0, 0.1) is 0 Å². The number of nitrogens with one attached hydrogen (secondary N) is 1. The van der Waals surface area contributed by atoms with E-state index in [9.17, 15) is 0 Å². The molecule has 4 heteroatoms. The summed E-state index contributed by atoms with van der Waals surface area (Å²) in [4.78, 5) is 5.21. The van der Waals surface area contributed by atoms with Crippen molar-refractivity contribution in [1.82, 2.24) is 4.98 Å². The number of H-pyrrole nitrogens is 1. The number of nitrogens with two attached hydrogens (primary N) is 1. The van der Waals surface area contributed by atoms with Crippen LogP contribution in [-0.2, 0) is 0 Å². The van der Waals surface area contributed by atoms with Crippen LogP contribution >= 0.6 is 11.6 Å². The average molecular weight is 200 g/mol. The number of aromatic nitrogens is 1. The minimum atomic E-state index is 0.291. The van der Waals surface area contributed by atoms with Gasteiger partial charge in [-0.1, -0.05) is 11.6 Å². The van der Waals surface area contributed by atoms with Crippen LogP contribution in [-0.4, -0.2) is 24.1 Å². The first-order valence-corrected chi connectivity index (χ1v) is 4.98. The van der Waals surface area contributed by atoms with Crippen molar-refractivity contribution in [1.29, 1.82) is 0 Å². The number of aromatic amines is 1. The van der Waals surface area contributed by atoms with Gasteiger partial charge in [-0.3, -0.25) is 0 Å². The fraction of sp³-hybridized carbons (Fsp3) is 0.556. The lowest BCUT2D eigenvalue weighted by atomic mass is 10.1. The van der Waals surface area contributed by atoms with Gasteiger partial charge in [-0.15, -0.1) is 0 Å². The Kier molecular flexibility index (Phi) is 2.47. The quantitative estimate of drug-likeness (QED) is 0.722. The molecule has 1 aliphatic heterocycles. The molecule has 2 heterocycles. The predicted octanol–water partition coefficient (Wildman–Crippen LogP) is 1.60. The van der Waals surface area contributed by atoms with Crippen LogP contribution in [0.1, 0.15) is 12.8 Å². The third-order valence-corrected chi connectivity index (χ3v) is 2.78. The van der Waals surface area contributed by atoms with Crippen LogP contribution in [0.5, 0.6) is 0 Å². The van der Waals surface area contributed by atoms with Gasteiger partial charge in [0, 0.05) is 25.3 Å². The molecule has 1 aliphatic rings. The van der Waals surface area contributed by atoms with Gasteiger partial charge in [-0.05, 0) is 18.9 Å². The highest BCUT2D eigenvalue weighted by Crippen LogP contribution is 2.26. The molecule has 0 radical (unpaired) electrons. The topological polar surface area (TPSA) is 45.0 Å². The average Bonchev–Trinajstić information content (AvgIpc) is 2.51. The summed E-state index contributed by atoms with van der Waals surface area (Å²) in [5, 5.41) is 0.717. The normalized spacial score (nSPS) is 23.5. The Balaban J connectivity index is 2.12. The van der Waals surface area contributed by atoms with Crippen LogP contribution in [0.4, 0.5) is 5.69 Å². The summed E-state index contributed by atoms with van der Waals surface area (Å²) in [7, 11) is 0. The molecule has 1 fully saturated rings. The second-order valence-corrected chi connectivity index (χ2v) is 3.90. The molecule has 3 nitrogen and oxygen atoms in total. The van der Waals surface area contributed by atoms with E-state index < -0.39 is 0 Å². The van der Waals surface area contributed by atoms with Gasteiger partial charge in [0.25, 0.3) is 0 Å². The number of hydrogen-bond donors (Lipinski definition) is 2. The number of anilines is 1. The molecule has 1 atom stereocenters. The zero-order valence-electron chi connectivity index (χ0n) is 7.46. The second-order valence-electron chi connectivity index (χ2n) is 3.53.